The summed E-state index contributed by atoms with van der Waals surface area (Å²) in [6.45, 7) is 11.5. The first-order chi connectivity index (χ1) is 24.1. The number of carbonyl (C=O) groups is 2. The van der Waals surface area contributed by atoms with Gasteiger partial charge in [-0.2, -0.15) is 0 Å². The van der Waals surface area contributed by atoms with Crippen molar-refractivity contribution in [3.05, 3.63) is 125 Å². The Morgan fingerprint density at radius 2 is 1.41 bits per heavy atom. The Hall–Kier alpha value is -5.25. The van der Waals surface area contributed by atoms with E-state index < -0.39 is 22.6 Å². The second-order valence-electron chi connectivity index (χ2n) is 13.8. The van der Waals surface area contributed by atoms with Gasteiger partial charge >= 0.3 is 12.0 Å². The molecule has 1 heterocycles. The molecule has 5 aromatic rings. The molecule has 0 bridgehead atoms. The van der Waals surface area contributed by atoms with Gasteiger partial charge in [0.05, 0.1) is 29.9 Å². The first-order valence-corrected chi connectivity index (χ1v) is 18.3. The molecule has 9 heteroatoms. The number of amides is 2. The van der Waals surface area contributed by atoms with Crippen molar-refractivity contribution in [2.24, 2.45) is 0 Å². The number of carboxylic acids is 1. The van der Waals surface area contributed by atoms with E-state index in [-0.39, 0.29) is 12.5 Å². The molecular formula is C42H45N3O5S. The molecule has 1 atom stereocenters. The van der Waals surface area contributed by atoms with Crippen LogP contribution >= 0.6 is 0 Å². The number of benzene rings is 5. The second-order valence-corrected chi connectivity index (χ2v) is 15.0. The van der Waals surface area contributed by atoms with Gasteiger partial charge in [0.15, 0.2) is 0 Å². The van der Waals surface area contributed by atoms with E-state index in [4.69, 9.17) is 5.11 Å². The Labute approximate surface area is 302 Å². The second kappa shape index (κ2) is 15.3. The van der Waals surface area contributed by atoms with Crippen LogP contribution in [0.2, 0.25) is 0 Å². The van der Waals surface area contributed by atoms with Gasteiger partial charge in [-0.15, -0.1) is 0 Å². The molecule has 0 aromatic heterocycles. The summed E-state index contributed by atoms with van der Waals surface area (Å²) in [6, 6.07) is 31.1. The van der Waals surface area contributed by atoms with Gasteiger partial charge in [-0.05, 0) is 104 Å². The van der Waals surface area contributed by atoms with E-state index in [9.17, 15) is 18.9 Å². The highest BCUT2D eigenvalue weighted by Crippen LogP contribution is 2.49. The number of nitrogens with zero attached hydrogens (tertiary/aromatic N) is 1. The molecule has 0 radical (unpaired) electrons. The minimum absolute atomic E-state index is 0.147. The average Bonchev–Trinajstić information content (AvgIpc) is 3.06. The summed E-state index contributed by atoms with van der Waals surface area (Å²) in [4.78, 5) is 25.3. The molecule has 5 aromatic carbocycles. The molecule has 51 heavy (non-hydrogen) atoms. The minimum atomic E-state index is -1.39. The number of aliphatic hydroxyl groups is 1. The van der Waals surface area contributed by atoms with Gasteiger partial charge in [0.2, 0.25) is 0 Å². The summed E-state index contributed by atoms with van der Waals surface area (Å²) >= 11 is 0. The van der Waals surface area contributed by atoms with E-state index >= 15 is 0 Å². The molecule has 1 aliphatic rings. The summed E-state index contributed by atoms with van der Waals surface area (Å²) < 4.78 is 15.0. The SMILES string of the molecule is CC(C)(C)O.Cc1ccc(-c2c(C)c3c(c(C)c2CC(=O)O)N(S(C)=O)Cc2cc(NC(=O)Nc4ccccc4-c4ccccc4)ccc2-3)cc1. The molecule has 0 saturated heterocycles. The number of hydrogen-bond acceptors (Lipinski definition) is 4. The number of aliphatic carboxylic acids is 1. The zero-order valence-corrected chi connectivity index (χ0v) is 30.9. The van der Waals surface area contributed by atoms with Crippen LogP contribution in [0.15, 0.2) is 97.1 Å². The van der Waals surface area contributed by atoms with Crippen molar-refractivity contribution in [3.63, 3.8) is 0 Å². The van der Waals surface area contributed by atoms with Crippen LogP contribution in [0.1, 0.15) is 48.6 Å². The highest BCUT2D eigenvalue weighted by atomic mass is 32.2. The van der Waals surface area contributed by atoms with E-state index in [2.05, 4.69) is 10.6 Å². The summed E-state index contributed by atoms with van der Waals surface area (Å²) in [7, 11) is -1.39. The normalized spacial score (nSPS) is 12.5. The van der Waals surface area contributed by atoms with Crippen molar-refractivity contribution in [2.75, 3.05) is 21.2 Å². The van der Waals surface area contributed by atoms with Gasteiger partial charge in [0.1, 0.15) is 11.0 Å². The zero-order valence-electron chi connectivity index (χ0n) is 30.1. The largest absolute Gasteiger partial charge is 0.481 e. The van der Waals surface area contributed by atoms with Crippen molar-refractivity contribution in [1.29, 1.82) is 0 Å². The molecule has 0 aliphatic carbocycles. The Balaban J connectivity index is 0.000000943. The third kappa shape index (κ3) is 8.74. The van der Waals surface area contributed by atoms with Gasteiger partial charge in [-0.25, -0.2) is 9.00 Å². The zero-order chi connectivity index (χ0) is 37.0. The molecule has 1 aliphatic heterocycles. The molecule has 0 fully saturated rings. The van der Waals surface area contributed by atoms with Crippen LogP contribution in [-0.4, -0.2) is 38.3 Å². The van der Waals surface area contributed by atoms with E-state index in [1.54, 1.807) is 27.0 Å². The van der Waals surface area contributed by atoms with E-state index in [0.29, 0.717) is 17.9 Å². The van der Waals surface area contributed by atoms with Gasteiger partial charge in [-0.3, -0.25) is 9.10 Å². The quantitative estimate of drug-likeness (QED) is 0.135. The van der Waals surface area contributed by atoms with Crippen LogP contribution in [0.25, 0.3) is 33.4 Å². The lowest BCUT2D eigenvalue weighted by molar-refractivity contribution is -0.136. The predicted octanol–water partition coefficient (Wildman–Crippen LogP) is 9.27. The number of para-hydroxylation sites is 1. The van der Waals surface area contributed by atoms with Crippen molar-refractivity contribution in [3.8, 4) is 33.4 Å². The lowest BCUT2D eigenvalue weighted by Crippen LogP contribution is -2.30. The minimum Gasteiger partial charge on any atom is -0.481 e. The average molecular weight is 704 g/mol. The van der Waals surface area contributed by atoms with Gasteiger partial charge in [0.25, 0.3) is 0 Å². The molecule has 0 spiro atoms. The van der Waals surface area contributed by atoms with Crippen LogP contribution in [0.3, 0.4) is 0 Å². The van der Waals surface area contributed by atoms with Crippen molar-refractivity contribution in [2.45, 2.75) is 60.1 Å². The number of fused-ring (bicyclic) bond motifs is 3. The summed E-state index contributed by atoms with van der Waals surface area (Å²) in [5.41, 5.74) is 11.7. The highest BCUT2D eigenvalue weighted by molar-refractivity contribution is 7.85. The van der Waals surface area contributed by atoms with Crippen LogP contribution in [0.5, 0.6) is 0 Å². The number of carboxylic acid groups (broad SMARTS) is 1. The molecule has 8 nitrogen and oxygen atoms in total. The smallest absolute Gasteiger partial charge is 0.323 e. The number of urea groups is 1. The molecule has 2 amide bonds. The topological polar surface area (TPSA) is 119 Å². The fourth-order valence-corrected chi connectivity index (χ4v) is 7.22. The van der Waals surface area contributed by atoms with Gasteiger partial charge in [0, 0.05) is 23.1 Å². The summed E-state index contributed by atoms with van der Waals surface area (Å²) in [6.07, 6.45) is 1.49. The van der Waals surface area contributed by atoms with Crippen molar-refractivity contribution >= 4 is 40.0 Å². The summed E-state index contributed by atoms with van der Waals surface area (Å²) in [5, 5.41) is 24.4. The number of carbonyl (C=O) groups excluding carboxylic acids is 1. The molecular weight excluding hydrogens is 659 g/mol. The maximum Gasteiger partial charge on any atom is 0.323 e. The van der Waals surface area contributed by atoms with Gasteiger partial charge < -0.3 is 20.8 Å². The third-order valence-corrected chi connectivity index (χ3v) is 9.46. The maximum absolute atomic E-state index is 13.2. The molecule has 6 rings (SSSR count). The van der Waals surface area contributed by atoms with Crippen molar-refractivity contribution in [1.82, 2.24) is 0 Å². The predicted molar refractivity (Wildman–Crippen MR) is 210 cm³/mol. The Morgan fingerprint density at radius 1 is 0.784 bits per heavy atom. The lowest BCUT2D eigenvalue weighted by Gasteiger charge is -2.35. The monoisotopic (exact) mass is 703 g/mol. The van der Waals surface area contributed by atoms with Crippen molar-refractivity contribution < 1.29 is 24.0 Å². The van der Waals surface area contributed by atoms with E-state index in [1.807, 2.05) is 122 Å². The molecule has 4 N–H and O–H groups in total. The van der Waals surface area contributed by atoms with E-state index in [1.165, 1.54) is 0 Å². The van der Waals surface area contributed by atoms with Gasteiger partial charge in [-0.1, -0.05) is 84.4 Å². The Bertz CT molecular complexity index is 2100. The fourth-order valence-electron chi connectivity index (χ4n) is 6.42. The lowest BCUT2D eigenvalue weighted by atomic mass is 9.81. The number of anilines is 3. The van der Waals surface area contributed by atoms with Crippen LogP contribution in [0.4, 0.5) is 21.9 Å². The number of rotatable bonds is 7. The van der Waals surface area contributed by atoms with Crippen LogP contribution in [-0.2, 0) is 28.7 Å². The number of aryl methyl sites for hydroxylation is 1. The third-order valence-electron chi connectivity index (χ3n) is 8.53. The number of nitrogens with one attached hydrogen (secondary N) is 2. The summed E-state index contributed by atoms with van der Waals surface area (Å²) in [5.74, 6) is -0.920. The molecule has 264 valence electrons. The Kier molecular flexibility index (Phi) is 11.1. The Morgan fingerprint density at radius 3 is 2.04 bits per heavy atom. The number of hydrogen-bond donors (Lipinski definition) is 4. The first kappa shape index (κ1) is 37.0. The maximum atomic E-state index is 13.2. The first-order valence-electron chi connectivity index (χ1n) is 16.8. The van der Waals surface area contributed by atoms with Crippen LogP contribution in [0, 0.1) is 20.8 Å². The van der Waals surface area contributed by atoms with E-state index in [0.717, 1.165) is 66.9 Å². The molecule has 0 saturated carbocycles. The highest BCUT2D eigenvalue weighted by Gasteiger charge is 2.32. The standard InChI is InChI=1S/C38H35N3O4S.C4H10O/c1-23-14-16-27(17-15-23)35-25(3)36-31-19-18-29(20-28(31)22-41(46(4)45)37(36)24(2)32(35)21-34(42)43)39-38(44)40-33-13-9-8-12-30(33)26-10-6-5-7-11-26;1-4(2,3)5/h5-20H,21-22H2,1-4H3,(H,42,43)(H2,39,40,44);5H,1-3H3. The fraction of sp³-hybridized carbons (Fsp3) is 0.238. The molecule has 1 unspecified atom stereocenters. The van der Waals surface area contributed by atoms with Crippen LogP contribution < -0.4 is 14.9 Å².